The number of nitrogens with one attached hydrogen (secondary N) is 1. The molecule has 15 heavy (non-hydrogen) atoms. The largest absolute Gasteiger partial charge is 0.294 e. The molecule has 5 heteroatoms. The van der Waals surface area contributed by atoms with Crippen LogP contribution in [0.5, 0.6) is 0 Å². The fourth-order valence-electron chi connectivity index (χ4n) is 2.17. The van der Waals surface area contributed by atoms with E-state index in [-0.39, 0.29) is 11.8 Å². The third-order valence-electron chi connectivity index (χ3n) is 3.05. The Labute approximate surface area is 88.6 Å². The van der Waals surface area contributed by atoms with Crippen LogP contribution < -0.4 is 11.3 Å². The Hall–Kier alpha value is -1.36. The quantitative estimate of drug-likeness (QED) is 0.408. The number of hydrogen-bond acceptors (Lipinski definition) is 3. The van der Waals surface area contributed by atoms with Crippen molar-refractivity contribution >= 4 is 5.91 Å². The zero-order chi connectivity index (χ0) is 10.8. The van der Waals surface area contributed by atoms with E-state index in [0.717, 1.165) is 25.8 Å². The predicted molar refractivity (Wildman–Crippen MR) is 55.7 cm³/mol. The van der Waals surface area contributed by atoms with Gasteiger partial charge >= 0.3 is 0 Å². The van der Waals surface area contributed by atoms with Crippen molar-refractivity contribution in [1.29, 1.82) is 0 Å². The summed E-state index contributed by atoms with van der Waals surface area (Å²) in [6.45, 7) is 2.91. The number of carbonyl (C=O) groups is 1. The SMILES string of the molecule is CCn1ncc2c1C[C@H](C(=O)NN)CC2. The molecule has 0 radical (unpaired) electrons. The smallest absolute Gasteiger partial charge is 0.237 e. The number of nitrogens with two attached hydrogens (primary N) is 1. The monoisotopic (exact) mass is 208 g/mol. The minimum absolute atomic E-state index is 0.00417. The number of carbonyl (C=O) groups excluding carboxylic acids is 1. The topological polar surface area (TPSA) is 72.9 Å². The van der Waals surface area contributed by atoms with Crippen LogP contribution in [0, 0.1) is 5.92 Å². The predicted octanol–water partition coefficient (Wildman–Crippen LogP) is -0.00220. The maximum absolute atomic E-state index is 11.4. The van der Waals surface area contributed by atoms with E-state index < -0.39 is 0 Å². The second-order valence-electron chi connectivity index (χ2n) is 3.88. The van der Waals surface area contributed by atoms with Gasteiger partial charge in [-0.05, 0) is 25.3 Å². The van der Waals surface area contributed by atoms with Crippen LogP contribution >= 0.6 is 0 Å². The van der Waals surface area contributed by atoms with Crippen molar-refractivity contribution in [2.75, 3.05) is 0 Å². The molecule has 5 nitrogen and oxygen atoms in total. The minimum Gasteiger partial charge on any atom is -0.294 e. The number of nitrogens with zero attached hydrogens (tertiary/aromatic N) is 2. The number of aromatic nitrogens is 2. The van der Waals surface area contributed by atoms with Crippen molar-refractivity contribution in [2.45, 2.75) is 32.7 Å². The highest BCUT2D eigenvalue weighted by Gasteiger charge is 2.26. The average Bonchev–Trinajstić information content (AvgIpc) is 2.69. The van der Waals surface area contributed by atoms with Gasteiger partial charge in [0.2, 0.25) is 5.91 Å². The van der Waals surface area contributed by atoms with E-state index in [9.17, 15) is 4.79 Å². The first-order valence-corrected chi connectivity index (χ1v) is 5.30. The summed E-state index contributed by atoms with van der Waals surface area (Å²) in [6.07, 6.45) is 4.46. The zero-order valence-corrected chi connectivity index (χ0v) is 8.86. The van der Waals surface area contributed by atoms with Gasteiger partial charge in [-0.25, -0.2) is 5.84 Å². The van der Waals surface area contributed by atoms with Crippen molar-refractivity contribution in [1.82, 2.24) is 15.2 Å². The van der Waals surface area contributed by atoms with Crippen molar-refractivity contribution in [2.24, 2.45) is 11.8 Å². The molecule has 0 saturated heterocycles. The van der Waals surface area contributed by atoms with Crippen LogP contribution in [-0.2, 0) is 24.2 Å². The Morgan fingerprint density at radius 1 is 1.80 bits per heavy atom. The second-order valence-corrected chi connectivity index (χ2v) is 3.88. The number of amides is 1. The van der Waals surface area contributed by atoms with Gasteiger partial charge in [0, 0.05) is 24.6 Å². The summed E-state index contributed by atoms with van der Waals surface area (Å²) in [4.78, 5) is 11.4. The molecule has 1 heterocycles. The number of fused-ring (bicyclic) bond motifs is 1. The summed E-state index contributed by atoms with van der Waals surface area (Å²) in [6, 6.07) is 0. The van der Waals surface area contributed by atoms with Crippen LogP contribution in [0.1, 0.15) is 24.6 Å². The van der Waals surface area contributed by atoms with Crippen molar-refractivity contribution < 1.29 is 4.79 Å². The van der Waals surface area contributed by atoms with E-state index in [1.54, 1.807) is 0 Å². The molecule has 1 amide bonds. The van der Waals surface area contributed by atoms with Gasteiger partial charge in [-0.3, -0.25) is 14.9 Å². The molecule has 0 saturated carbocycles. The van der Waals surface area contributed by atoms with Crippen LogP contribution in [0.2, 0.25) is 0 Å². The van der Waals surface area contributed by atoms with E-state index in [4.69, 9.17) is 5.84 Å². The molecule has 0 aromatic carbocycles. The minimum atomic E-state index is -0.0653. The molecule has 1 aromatic heterocycles. The molecule has 82 valence electrons. The highest BCUT2D eigenvalue weighted by Crippen LogP contribution is 2.25. The summed E-state index contributed by atoms with van der Waals surface area (Å²) in [7, 11) is 0. The first-order chi connectivity index (χ1) is 7.26. The van der Waals surface area contributed by atoms with E-state index in [2.05, 4.69) is 17.4 Å². The van der Waals surface area contributed by atoms with Gasteiger partial charge in [-0.1, -0.05) is 0 Å². The maximum atomic E-state index is 11.4. The fraction of sp³-hybridized carbons (Fsp3) is 0.600. The van der Waals surface area contributed by atoms with E-state index in [1.165, 1.54) is 11.3 Å². The van der Waals surface area contributed by atoms with E-state index in [0.29, 0.717) is 0 Å². The summed E-state index contributed by atoms with van der Waals surface area (Å²) < 4.78 is 1.96. The van der Waals surface area contributed by atoms with Crippen molar-refractivity contribution in [3.63, 3.8) is 0 Å². The van der Waals surface area contributed by atoms with Gasteiger partial charge < -0.3 is 0 Å². The summed E-state index contributed by atoms with van der Waals surface area (Å²) in [5.41, 5.74) is 4.69. The molecule has 1 aliphatic rings. The molecule has 0 unspecified atom stereocenters. The normalized spacial score (nSPS) is 19.7. The fourth-order valence-corrected chi connectivity index (χ4v) is 2.17. The molecule has 0 aliphatic heterocycles. The molecule has 1 aromatic rings. The molecule has 2 rings (SSSR count). The van der Waals surface area contributed by atoms with Gasteiger partial charge in [0.25, 0.3) is 0 Å². The molecule has 0 spiro atoms. The van der Waals surface area contributed by atoms with E-state index in [1.807, 2.05) is 10.9 Å². The third kappa shape index (κ3) is 1.74. The molecular formula is C10H16N4O. The van der Waals surface area contributed by atoms with E-state index >= 15 is 0 Å². The van der Waals surface area contributed by atoms with Crippen LogP contribution in [-0.4, -0.2) is 15.7 Å². The molecule has 0 bridgehead atoms. The lowest BCUT2D eigenvalue weighted by Gasteiger charge is -2.21. The van der Waals surface area contributed by atoms with Crippen LogP contribution in [0.3, 0.4) is 0 Å². The van der Waals surface area contributed by atoms with Gasteiger partial charge in [0.05, 0.1) is 6.20 Å². The Balaban J connectivity index is 2.20. The first-order valence-electron chi connectivity index (χ1n) is 5.30. The van der Waals surface area contributed by atoms with Crippen LogP contribution in [0.4, 0.5) is 0 Å². The number of aryl methyl sites for hydroxylation is 2. The maximum Gasteiger partial charge on any atom is 0.237 e. The summed E-state index contributed by atoms with van der Waals surface area (Å²) in [5.74, 6) is 5.09. The highest BCUT2D eigenvalue weighted by atomic mass is 16.2. The number of hydrazine groups is 1. The summed E-state index contributed by atoms with van der Waals surface area (Å²) in [5, 5.41) is 4.29. The Morgan fingerprint density at radius 3 is 3.27 bits per heavy atom. The van der Waals surface area contributed by atoms with Gasteiger partial charge in [-0.2, -0.15) is 5.10 Å². The Kier molecular flexibility index (Phi) is 2.73. The summed E-state index contributed by atoms with van der Waals surface area (Å²) >= 11 is 0. The zero-order valence-electron chi connectivity index (χ0n) is 8.86. The first kappa shape index (κ1) is 10.2. The highest BCUT2D eigenvalue weighted by molar-refractivity contribution is 5.78. The Morgan fingerprint density at radius 2 is 2.60 bits per heavy atom. The van der Waals surface area contributed by atoms with Gasteiger partial charge in [0.1, 0.15) is 0 Å². The Bertz CT molecular complexity index is 358. The lowest BCUT2D eigenvalue weighted by atomic mass is 9.87. The van der Waals surface area contributed by atoms with Crippen molar-refractivity contribution in [3.8, 4) is 0 Å². The van der Waals surface area contributed by atoms with Gasteiger partial charge in [-0.15, -0.1) is 0 Å². The number of rotatable bonds is 2. The number of hydrogen-bond donors (Lipinski definition) is 2. The molecular weight excluding hydrogens is 192 g/mol. The van der Waals surface area contributed by atoms with Gasteiger partial charge in [0.15, 0.2) is 0 Å². The molecule has 3 N–H and O–H groups in total. The average molecular weight is 208 g/mol. The lowest BCUT2D eigenvalue weighted by molar-refractivity contribution is -0.125. The third-order valence-corrected chi connectivity index (χ3v) is 3.05. The molecule has 1 atom stereocenters. The van der Waals surface area contributed by atoms with Crippen LogP contribution in [0.15, 0.2) is 6.20 Å². The van der Waals surface area contributed by atoms with Crippen molar-refractivity contribution in [3.05, 3.63) is 17.5 Å². The second kappa shape index (κ2) is 4.02. The lowest BCUT2D eigenvalue weighted by Crippen LogP contribution is -2.38. The molecule has 0 fully saturated rings. The molecule has 1 aliphatic carbocycles. The standard InChI is InChI=1S/C10H16N4O/c1-2-14-9-5-7(10(15)13-11)3-4-8(9)6-12-14/h6-7H,2-5,11H2,1H3,(H,13,15)/t7-/m1/s1. The van der Waals surface area contributed by atoms with Crippen LogP contribution in [0.25, 0.3) is 0 Å².